The topological polar surface area (TPSA) is 67.2 Å². The van der Waals surface area contributed by atoms with E-state index in [0.29, 0.717) is 16.4 Å². The molecule has 5 nitrogen and oxygen atoms in total. The van der Waals surface area contributed by atoms with Crippen LogP contribution < -0.4 is 10.6 Å². The number of anilines is 2. The van der Waals surface area contributed by atoms with Crippen molar-refractivity contribution in [1.82, 2.24) is 0 Å². The van der Waals surface area contributed by atoms with Gasteiger partial charge in [0.2, 0.25) is 0 Å². The molecule has 0 aliphatic heterocycles. The molecule has 0 aliphatic carbocycles. The minimum Gasteiger partial charge on any atom is -0.332 e. The molecule has 0 heterocycles. The molecule has 0 bridgehead atoms. The molecule has 6 heteroatoms. The average Bonchev–Trinajstić information content (AvgIpc) is 2.45. The van der Waals surface area contributed by atoms with E-state index in [4.69, 9.17) is 12.2 Å². The highest BCUT2D eigenvalue weighted by Gasteiger charge is 2.11. The number of nitro groups is 1. The molecule has 0 unspecified atom stereocenters. The van der Waals surface area contributed by atoms with Gasteiger partial charge in [-0.25, -0.2) is 0 Å². The molecule has 0 aromatic heterocycles. The molecule has 0 aliphatic rings. The fraction of sp³-hybridized carbons (Fsp3) is 0.188. The summed E-state index contributed by atoms with van der Waals surface area (Å²) in [6.45, 7) is 5.74. The number of nitrogens with one attached hydrogen (secondary N) is 2. The number of hydrogen-bond acceptors (Lipinski definition) is 3. The zero-order valence-corrected chi connectivity index (χ0v) is 13.5. The predicted octanol–water partition coefficient (Wildman–Crippen LogP) is 4.33. The van der Waals surface area contributed by atoms with E-state index in [9.17, 15) is 10.1 Å². The number of thiocarbonyl (C=S) groups is 1. The Hall–Kier alpha value is -2.47. The second kappa shape index (κ2) is 6.53. The van der Waals surface area contributed by atoms with E-state index in [1.54, 1.807) is 19.1 Å². The number of nitro benzene ring substituents is 1. The van der Waals surface area contributed by atoms with E-state index in [1.165, 1.54) is 11.6 Å². The monoisotopic (exact) mass is 315 g/mol. The Labute approximate surface area is 134 Å². The molecule has 0 saturated heterocycles. The third-order valence-corrected chi connectivity index (χ3v) is 3.72. The summed E-state index contributed by atoms with van der Waals surface area (Å²) in [5.41, 5.74) is 4.46. The summed E-state index contributed by atoms with van der Waals surface area (Å²) in [5.74, 6) is 0. The van der Waals surface area contributed by atoms with Crippen LogP contribution in [0.2, 0.25) is 0 Å². The molecular formula is C16H17N3O2S. The first-order valence-corrected chi connectivity index (χ1v) is 7.18. The minimum atomic E-state index is -0.401. The molecule has 22 heavy (non-hydrogen) atoms. The molecule has 0 amide bonds. The number of hydrogen-bond donors (Lipinski definition) is 2. The van der Waals surface area contributed by atoms with Crippen LogP contribution in [-0.4, -0.2) is 10.0 Å². The van der Waals surface area contributed by atoms with Crippen LogP contribution in [0.4, 0.5) is 17.1 Å². The summed E-state index contributed by atoms with van der Waals surface area (Å²) in [6, 6.07) is 10.9. The number of benzene rings is 2. The molecule has 0 fully saturated rings. The van der Waals surface area contributed by atoms with Crippen LogP contribution in [0.25, 0.3) is 0 Å². The van der Waals surface area contributed by atoms with Crippen LogP contribution in [0.1, 0.15) is 16.7 Å². The van der Waals surface area contributed by atoms with Crippen molar-refractivity contribution < 1.29 is 4.92 Å². The predicted molar refractivity (Wildman–Crippen MR) is 93.6 cm³/mol. The number of rotatable bonds is 3. The first kappa shape index (κ1) is 15.9. The molecule has 0 saturated carbocycles. The highest BCUT2D eigenvalue weighted by molar-refractivity contribution is 7.80. The Balaban J connectivity index is 2.14. The van der Waals surface area contributed by atoms with Crippen molar-refractivity contribution >= 4 is 34.4 Å². The number of aryl methyl sites for hydroxylation is 2. The van der Waals surface area contributed by atoms with Gasteiger partial charge in [0, 0.05) is 23.0 Å². The van der Waals surface area contributed by atoms with E-state index in [0.717, 1.165) is 11.3 Å². The molecule has 0 radical (unpaired) electrons. The first-order chi connectivity index (χ1) is 10.4. The van der Waals surface area contributed by atoms with Crippen molar-refractivity contribution in [3.63, 3.8) is 0 Å². The van der Waals surface area contributed by atoms with Gasteiger partial charge in [0.05, 0.1) is 4.92 Å². The third-order valence-electron chi connectivity index (χ3n) is 3.52. The lowest BCUT2D eigenvalue weighted by Gasteiger charge is -2.14. The lowest BCUT2D eigenvalue weighted by atomic mass is 10.1. The molecule has 2 aromatic rings. The van der Waals surface area contributed by atoms with Crippen LogP contribution in [0.5, 0.6) is 0 Å². The zero-order valence-electron chi connectivity index (χ0n) is 12.6. The van der Waals surface area contributed by atoms with Gasteiger partial charge in [0.15, 0.2) is 5.11 Å². The smallest absolute Gasteiger partial charge is 0.274 e. The van der Waals surface area contributed by atoms with Crippen molar-refractivity contribution in [2.45, 2.75) is 20.8 Å². The summed E-state index contributed by atoms with van der Waals surface area (Å²) in [5, 5.41) is 17.4. The largest absolute Gasteiger partial charge is 0.332 e. The van der Waals surface area contributed by atoms with Gasteiger partial charge in [-0.2, -0.15) is 0 Å². The van der Waals surface area contributed by atoms with E-state index >= 15 is 0 Å². The third kappa shape index (κ3) is 3.59. The quantitative estimate of drug-likeness (QED) is 0.501. The van der Waals surface area contributed by atoms with Gasteiger partial charge >= 0.3 is 0 Å². The van der Waals surface area contributed by atoms with Gasteiger partial charge in [0.25, 0.3) is 5.69 Å². The Morgan fingerprint density at radius 1 is 1.09 bits per heavy atom. The fourth-order valence-electron chi connectivity index (χ4n) is 2.06. The van der Waals surface area contributed by atoms with Crippen LogP contribution in [0.15, 0.2) is 36.4 Å². The molecule has 0 spiro atoms. The van der Waals surface area contributed by atoms with Crippen LogP contribution in [-0.2, 0) is 0 Å². The molecule has 2 aromatic carbocycles. The Morgan fingerprint density at radius 3 is 2.50 bits per heavy atom. The van der Waals surface area contributed by atoms with Crippen molar-refractivity contribution in [2.24, 2.45) is 0 Å². The summed E-state index contributed by atoms with van der Waals surface area (Å²) in [6.07, 6.45) is 0. The van der Waals surface area contributed by atoms with Gasteiger partial charge in [-0.05, 0) is 56.2 Å². The molecule has 2 rings (SSSR count). The van der Waals surface area contributed by atoms with E-state index in [2.05, 4.69) is 10.6 Å². The molecular weight excluding hydrogens is 298 g/mol. The summed E-state index contributed by atoms with van der Waals surface area (Å²) in [4.78, 5) is 10.6. The van der Waals surface area contributed by atoms with Crippen molar-refractivity contribution in [3.05, 3.63) is 63.2 Å². The highest BCUT2D eigenvalue weighted by Crippen LogP contribution is 2.23. The summed E-state index contributed by atoms with van der Waals surface area (Å²) < 4.78 is 0. The maximum Gasteiger partial charge on any atom is 0.274 e. The fourth-order valence-corrected chi connectivity index (χ4v) is 2.28. The number of nitrogens with zero attached hydrogens (tertiary/aromatic N) is 1. The summed E-state index contributed by atoms with van der Waals surface area (Å²) >= 11 is 5.27. The molecule has 114 valence electrons. The van der Waals surface area contributed by atoms with Gasteiger partial charge in [0.1, 0.15) is 0 Å². The van der Waals surface area contributed by atoms with Crippen molar-refractivity contribution in [3.8, 4) is 0 Å². The van der Waals surface area contributed by atoms with E-state index in [-0.39, 0.29) is 5.69 Å². The second-order valence-electron chi connectivity index (χ2n) is 5.08. The Bertz CT molecular complexity index is 744. The highest BCUT2D eigenvalue weighted by atomic mass is 32.1. The standard InChI is InChI=1S/C16H17N3O2S/c1-10-5-4-6-14(12(10)3)18-16(22)17-13-8-7-11(2)15(9-13)19(20)21/h4-9H,1-3H3,(H2,17,18,22). The Morgan fingerprint density at radius 2 is 1.82 bits per heavy atom. The van der Waals surface area contributed by atoms with Gasteiger partial charge in [-0.15, -0.1) is 0 Å². The van der Waals surface area contributed by atoms with Gasteiger partial charge in [-0.1, -0.05) is 18.2 Å². The SMILES string of the molecule is Cc1ccc(NC(=S)Nc2cccc(C)c2C)cc1[N+](=O)[O-]. The van der Waals surface area contributed by atoms with Gasteiger partial charge < -0.3 is 10.6 Å². The van der Waals surface area contributed by atoms with Gasteiger partial charge in [-0.3, -0.25) is 10.1 Å². The molecule has 0 atom stereocenters. The maximum absolute atomic E-state index is 11.0. The van der Waals surface area contributed by atoms with E-state index in [1.807, 2.05) is 32.0 Å². The zero-order chi connectivity index (χ0) is 16.3. The van der Waals surface area contributed by atoms with Crippen LogP contribution in [0, 0.1) is 30.9 Å². The van der Waals surface area contributed by atoms with Crippen molar-refractivity contribution in [1.29, 1.82) is 0 Å². The first-order valence-electron chi connectivity index (χ1n) is 6.77. The average molecular weight is 315 g/mol. The van der Waals surface area contributed by atoms with E-state index < -0.39 is 4.92 Å². The normalized spacial score (nSPS) is 10.1. The lowest BCUT2D eigenvalue weighted by molar-refractivity contribution is -0.385. The van der Waals surface area contributed by atoms with Crippen molar-refractivity contribution in [2.75, 3.05) is 10.6 Å². The Kier molecular flexibility index (Phi) is 4.72. The van der Waals surface area contributed by atoms with Crippen LogP contribution >= 0.6 is 12.2 Å². The van der Waals surface area contributed by atoms with Crippen LogP contribution in [0.3, 0.4) is 0 Å². The maximum atomic E-state index is 11.0. The minimum absolute atomic E-state index is 0.0690. The lowest BCUT2D eigenvalue weighted by Crippen LogP contribution is -2.19. The second-order valence-corrected chi connectivity index (χ2v) is 5.49. The summed E-state index contributed by atoms with van der Waals surface area (Å²) in [7, 11) is 0. The molecule has 2 N–H and O–H groups in total.